The Kier molecular flexibility index (Phi) is 7.80. The molecule has 0 N–H and O–H groups in total. The minimum absolute atomic E-state index is 0.357. The van der Waals surface area contributed by atoms with E-state index in [1.54, 1.807) is 19.2 Å². The van der Waals surface area contributed by atoms with Gasteiger partial charge in [0.2, 0.25) is 0 Å². The summed E-state index contributed by atoms with van der Waals surface area (Å²) < 4.78 is 29.3. The summed E-state index contributed by atoms with van der Waals surface area (Å²) in [6, 6.07) is 14.4. The molecule has 1 aliphatic carbocycles. The van der Waals surface area contributed by atoms with Gasteiger partial charge in [0.15, 0.2) is 9.84 Å². The molecule has 2 fully saturated rings. The summed E-state index contributed by atoms with van der Waals surface area (Å²) in [4.78, 5) is 3.11. The quantitative estimate of drug-likeness (QED) is 0.477. The summed E-state index contributed by atoms with van der Waals surface area (Å²) in [6.45, 7) is 4.65. The van der Waals surface area contributed by atoms with Gasteiger partial charge in [0, 0.05) is 12.3 Å². The third kappa shape index (κ3) is 5.81. The number of hydrogen-bond acceptors (Lipinski definition) is 4. The van der Waals surface area contributed by atoms with Crippen molar-refractivity contribution in [1.82, 2.24) is 4.90 Å². The maximum atomic E-state index is 11.8. The fraction of sp³-hybridized carbons (Fsp3) is 0.571. The van der Waals surface area contributed by atoms with Gasteiger partial charge in [0.1, 0.15) is 5.75 Å². The third-order valence-corrected chi connectivity index (χ3v) is 8.97. The van der Waals surface area contributed by atoms with E-state index in [9.17, 15) is 8.42 Å². The van der Waals surface area contributed by atoms with E-state index in [-0.39, 0.29) is 0 Å². The first-order valence-electron chi connectivity index (χ1n) is 12.6. The lowest BCUT2D eigenvalue weighted by atomic mass is 9.81. The van der Waals surface area contributed by atoms with Gasteiger partial charge in [0.25, 0.3) is 0 Å². The molecule has 0 unspecified atom stereocenters. The number of likely N-dealkylation sites (tertiary alicyclic amines) is 1. The van der Waals surface area contributed by atoms with Gasteiger partial charge in [-0.2, -0.15) is 0 Å². The Bertz CT molecular complexity index is 1020. The minimum atomic E-state index is -3.18. The van der Waals surface area contributed by atoms with E-state index >= 15 is 0 Å². The van der Waals surface area contributed by atoms with Crippen molar-refractivity contribution in [2.75, 3.05) is 26.5 Å². The second kappa shape index (κ2) is 10.6. The Morgan fingerprint density at radius 3 is 2.12 bits per heavy atom. The van der Waals surface area contributed by atoms with Gasteiger partial charge >= 0.3 is 0 Å². The lowest BCUT2D eigenvalue weighted by molar-refractivity contribution is 0.105. The Balaban J connectivity index is 1.44. The molecule has 2 aliphatic rings. The Morgan fingerprint density at radius 2 is 1.55 bits per heavy atom. The van der Waals surface area contributed by atoms with Crippen molar-refractivity contribution in [2.45, 2.75) is 75.1 Å². The zero-order valence-corrected chi connectivity index (χ0v) is 21.2. The van der Waals surface area contributed by atoms with E-state index in [4.69, 9.17) is 4.74 Å². The standard InChI is InChI=1S/C28H39NO3S/c1-4-5-21-6-11-25(12-7-21)29-18-16-23(17-19-29)27-20-24(10-15-28(27)32-2)22-8-13-26(14-9-22)33(3,30)31/h8-10,13-15,20-21,23,25H,4-7,11-12,16-19H2,1-3H3. The Labute approximate surface area is 200 Å². The molecule has 0 radical (unpaired) electrons. The highest BCUT2D eigenvalue weighted by atomic mass is 32.2. The predicted octanol–water partition coefficient (Wildman–Crippen LogP) is 6.30. The maximum absolute atomic E-state index is 11.8. The molecule has 0 amide bonds. The zero-order chi connectivity index (χ0) is 23.4. The minimum Gasteiger partial charge on any atom is -0.496 e. The van der Waals surface area contributed by atoms with Gasteiger partial charge in [-0.15, -0.1) is 0 Å². The molecular formula is C28H39NO3S. The molecule has 4 nitrogen and oxygen atoms in total. The van der Waals surface area contributed by atoms with Gasteiger partial charge in [0.05, 0.1) is 12.0 Å². The van der Waals surface area contributed by atoms with Crippen LogP contribution in [0, 0.1) is 5.92 Å². The van der Waals surface area contributed by atoms with Crippen LogP contribution >= 0.6 is 0 Å². The van der Waals surface area contributed by atoms with Crippen molar-refractivity contribution in [3.8, 4) is 16.9 Å². The first-order chi connectivity index (χ1) is 15.9. The molecule has 1 saturated heterocycles. The topological polar surface area (TPSA) is 46.6 Å². The highest BCUT2D eigenvalue weighted by molar-refractivity contribution is 7.90. The number of hydrogen-bond donors (Lipinski definition) is 0. The zero-order valence-electron chi connectivity index (χ0n) is 20.4. The van der Waals surface area contributed by atoms with Gasteiger partial charge in [-0.3, -0.25) is 0 Å². The van der Waals surface area contributed by atoms with E-state index in [0.717, 1.165) is 28.8 Å². The second-order valence-corrected chi connectivity index (χ2v) is 12.0. The molecule has 2 aromatic carbocycles. The van der Waals surface area contributed by atoms with Crippen molar-refractivity contribution in [2.24, 2.45) is 5.92 Å². The van der Waals surface area contributed by atoms with E-state index in [0.29, 0.717) is 10.8 Å². The highest BCUT2D eigenvalue weighted by Crippen LogP contribution is 2.39. The van der Waals surface area contributed by atoms with Crippen LogP contribution < -0.4 is 4.74 Å². The second-order valence-electron chi connectivity index (χ2n) is 10.0. The van der Waals surface area contributed by atoms with Crippen LogP contribution in [0.25, 0.3) is 11.1 Å². The fourth-order valence-electron chi connectivity index (χ4n) is 5.91. The Morgan fingerprint density at radius 1 is 0.909 bits per heavy atom. The summed E-state index contributed by atoms with van der Waals surface area (Å²) in [5, 5.41) is 0. The van der Waals surface area contributed by atoms with Crippen LogP contribution in [-0.2, 0) is 9.84 Å². The van der Waals surface area contributed by atoms with E-state index in [1.165, 1.54) is 76.3 Å². The Hall–Kier alpha value is -1.85. The molecule has 0 bridgehead atoms. The first-order valence-corrected chi connectivity index (χ1v) is 14.5. The maximum Gasteiger partial charge on any atom is 0.175 e. The molecular weight excluding hydrogens is 430 g/mol. The fourth-order valence-corrected chi connectivity index (χ4v) is 6.54. The van der Waals surface area contributed by atoms with Crippen molar-refractivity contribution in [3.05, 3.63) is 48.0 Å². The van der Waals surface area contributed by atoms with E-state index in [1.807, 2.05) is 12.1 Å². The molecule has 0 spiro atoms. The van der Waals surface area contributed by atoms with Gasteiger partial charge in [-0.1, -0.05) is 38.0 Å². The number of ether oxygens (including phenoxy) is 1. The largest absolute Gasteiger partial charge is 0.496 e. The lowest BCUT2D eigenvalue weighted by Crippen LogP contribution is -2.42. The van der Waals surface area contributed by atoms with Gasteiger partial charge < -0.3 is 9.64 Å². The predicted molar refractivity (Wildman–Crippen MR) is 136 cm³/mol. The number of rotatable bonds is 7. The SMILES string of the molecule is CCCC1CCC(N2CCC(c3cc(-c4ccc(S(C)(=O)=O)cc4)ccc3OC)CC2)CC1. The van der Waals surface area contributed by atoms with Gasteiger partial charge in [-0.25, -0.2) is 8.42 Å². The smallest absolute Gasteiger partial charge is 0.175 e. The monoisotopic (exact) mass is 469 g/mol. The summed E-state index contributed by atoms with van der Waals surface area (Å²) in [7, 11) is -1.43. The van der Waals surface area contributed by atoms with Crippen LogP contribution in [0.1, 0.15) is 69.8 Å². The molecule has 4 rings (SSSR count). The van der Waals surface area contributed by atoms with E-state index in [2.05, 4.69) is 30.0 Å². The van der Waals surface area contributed by atoms with Crippen LogP contribution in [0.4, 0.5) is 0 Å². The molecule has 2 aromatic rings. The number of benzene rings is 2. The molecule has 180 valence electrons. The molecule has 1 saturated carbocycles. The summed E-state index contributed by atoms with van der Waals surface area (Å²) in [5.41, 5.74) is 3.43. The van der Waals surface area contributed by atoms with Crippen LogP contribution in [-0.4, -0.2) is 45.8 Å². The third-order valence-electron chi connectivity index (χ3n) is 7.84. The van der Waals surface area contributed by atoms with Crippen LogP contribution in [0.5, 0.6) is 5.75 Å². The average molecular weight is 470 g/mol. The van der Waals surface area contributed by atoms with Crippen molar-refractivity contribution < 1.29 is 13.2 Å². The van der Waals surface area contributed by atoms with Crippen molar-refractivity contribution in [3.63, 3.8) is 0 Å². The number of piperidine rings is 1. The average Bonchev–Trinajstić information content (AvgIpc) is 2.84. The molecule has 1 aliphatic heterocycles. The van der Waals surface area contributed by atoms with Crippen molar-refractivity contribution in [1.29, 1.82) is 0 Å². The lowest BCUT2D eigenvalue weighted by Gasteiger charge is -2.41. The normalized spacial score (nSPS) is 22.9. The van der Waals surface area contributed by atoms with Crippen molar-refractivity contribution >= 4 is 9.84 Å². The van der Waals surface area contributed by atoms with E-state index < -0.39 is 9.84 Å². The molecule has 0 aromatic heterocycles. The summed E-state index contributed by atoms with van der Waals surface area (Å²) in [5.74, 6) is 2.43. The molecule has 0 atom stereocenters. The van der Waals surface area contributed by atoms with Crippen LogP contribution in [0.15, 0.2) is 47.4 Å². The number of sulfone groups is 1. The number of methoxy groups -OCH3 is 1. The van der Waals surface area contributed by atoms with Gasteiger partial charge in [-0.05, 0) is 104 Å². The van der Waals surface area contributed by atoms with Crippen LogP contribution in [0.2, 0.25) is 0 Å². The first kappa shape index (κ1) is 24.3. The number of nitrogens with zero attached hydrogens (tertiary/aromatic N) is 1. The van der Waals surface area contributed by atoms with Crippen LogP contribution in [0.3, 0.4) is 0 Å². The molecule has 33 heavy (non-hydrogen) atoms. The molecule has 1 heterocycles. The molecule has 5 heteroatoms. The summed E-state index contributed by atoms with van der Waals surface area (Å²) in [6.07, 6.45) is 11.9. The highest BCUT2D eigenvalue weighted by Gasteiger charge is 2.30. The summed E-state index contributed by atoms with van der Waals surface area (Å²) >= 11 is 0.